The van der Waals surface area contributed by atoms with Gasteiger partial charge in [0.2, 0.25) is 0 Å². The molecule has 0 spiro atoms. The molecule has 1 atom stereocenters. The van der Waals surface area contributed by atoms with Gasteiger partial charge in [-0.15, -0.1) is 0 Å². The van der Waals surface area contributed by atoms with Crippen LogP contribution in [0.1, 0.15) is 34.1 Å². The molecule has 0 radical (unpaired) electrons. The van der Waals surface area contributed by atoms with Crippen LogP contribution in [0.3, 0.4) is 0 Å². The molecule has 0 aromatic rings. The first-order valence-corrected chi connectivity index (χ1v) is 6.04. The molecule has 0 aliphatic rings. The second-order valence-corrected chi connectivity index (χ2v) is 4.92. The van der Waals surface area contributed by atoms with E-state index in [1.165, 1.54) is 0 Å². The summed E-state index contributed by atoms with van der Waals surface area (Å²) in [4.78, 5) is 11.4. The van der Waals surface area contributed by atoms with Crippen molar-refractivity contribution in [3.8, 4) is 0 Å². The van der Waals surface area contributed by atoms with Crippen molar-refractivity contribution in [3.63, 3.8) is 0 Å². The maximum Gasteiger partial charge on any atom is 0.150 e. The minimum Gasteiger partial charge on any atom is -0.307 e. The van der Waals surface area contributed by atoms with Crippen molar-refractivity contribution < 1.29 is 4.79 Å². The summed E-state index contributed by atoms with van der Waals surface area (Å²) in [6.07, 6.45) is 0.635. The van der Waals surface area contributed by atoms with Gasteiger partial charge in [-0.05, 0) is 11.8 Å². The molecular weight excluding hydrogens is 182 g/mol. The molecule has 1 N–H and O–H groups in total. The lowest BCUT2D eigenvalue weighted by Crippen LogP contribution is -2.38. The summed E-state index contributed by atoms with van der Waals surface area (Å²) in [5.41, 5.74) is 0. The van der Waals surface area contributed by atoms with Gasteiger partial charge in [-0.25, -0.2) is 0 Å². The molecular formula is C10H21NOS. The van der Waals surface area contributed by atoms with Crippen LogP contribution in [0.4, 0.5) is 0 Å². The minimum absolute atomic E-state index is 0.0578. The van der Waals surface area contributed by atoms with Crippen LogP contribution in [0.15, 0.2) is 0 Å². The number of hydrogen-bond donors (Lipinski definition) is 1. The van der Waals surface area contributed by atoms with Crippen LogP contribution < -0.4 is 5.32 Å². The summed E-state index contributed by atoms with van der Waals surface area (Å²) in [6.45, 7) is 9.14. The van der Waals surface area contributed by atoms with Crippen LogP contribution in [-0.2, 0) is 4.79 Å². The number of rotatable bonds is 7. The van der Waals surface area contributed by atoms with E-state index in [1.807, 2.05) is 25.6 Å². The Morgan fingerprint density at radius 3 is 2.38 bits per heavy atom. The van der Waals surface area contributed by atoms with E-state index in [-0.39, 0.29) is 6.04 Å². The van der Waals surface area contributed by atoms with Crippen LogP contribution in [0.25, 0.3) is 0 Å². The Bertz CT molecular complexity index is 148. The number of nitrogens with one attached hydrogen (secondary N) is 1. The monoisotopic (exact) mass is 203 g/mol. The third-order valence-corrected chi connectivity index (χ3v) is 2.98. The molecule has 0 aromatic carbocycles. The zero-order valence-electron chi connectivity index (χ0n) is 9.09. The fourth-order valence-corrected chi connectivity index (χ4v) is 1.93. The molecule has 0 saturated carbocycles. The highest BCUT2D eigenvalue weighted by Crippen LogP contribution is 2.11. The van der Waals surface area contributed by atoms with Crippen molar-refractivity contribution in [1.82, 2.24) is 5.32 Å². The lowest BCUT2D eigenvalue weighted by Gasteiger charge is -2.16. The number of Topliss-reactive ketones (excluding diaryl/α,β-unsaturated/α-hetero) is 1. The fourth-order valence-electron chi connectivity index (χ4n) is 1.05. The van der Waals surface area contributed by atoms with Crippen molar-refractivity contribution in [3.05, 3.63) is 0 Å². The smallest absolute Gasteiger partial charge is 0.150 e. The van der Waals surface area contributed by atoms with Gasteiger partial charge in [0.05, 0.1) is 6.04 Å². The summed E-state index contributed by atoms with van der Waals surface area (Å²) in [7, 11) is 0. The molecule has 3 heteroatoms. The van der Waals surface area contributed by atoms with Gasteiger partial charge in [-0.3, -0.25) is 4.79 Å². The Morgan fingerprint density at radius 1 is 1.38 bits per heavy atom. The van der Waals surface area contributed by atoms with Crippen molar-refractivity contribution in [2.45, 2.75) is 45.4 Å². The molecule has 2 nitrogen and oxygen atoms in total. The molecule has 78 valence electrons. The molecule has 0 bridgehead atoms. The van der Waals surface area contributed by atoms with Crippen LogP contribution in [0.2, 0.25) is 0 Å². The summed E-state index contributed by atoms with van der Waals surface area (Å²) in [6, 6.07) is 0.0578. The Balaban J connectivity index is 3.86. The van der Waals surface area contributed by atoms with Crippen LogP contribution in [0, 0.1) is 0 Å². The molecule has 0 amide bonds. The van der Waals surface area contributed by atoms with E-state index in [1.54, 1.807) is 0 Å². The summed E-state index contributed by atoms with van der Waals surface area (Å²) >= 11 is 1.84. The molecule has 0 aliphatic carbocycles. The third-order valence-electron chi connectivity index (χ3n) is 1.78. The van der Waals surface area contributed by atoms with Crippen molar-refractivity contribution in [1.29, 1.82) is 0 Å². The maximum atomic E-state index is 11.4. The number of ketones is 1. The third kappa shape index (κ3) is 6.11. The first-order valence-electron chi connectivity index (χ1n) is 4.99. The lowest BCUT2D eigenvalue weighted by atomic mass is 10.2. The van der Waals surface area contributed by atoms with Gasteiger partial charge < -0.3 is 5.32 Å². The van der Waals surface area contributed by atoms with E-state index in [4.69, 9.17) is 0 Å². The van der Waals surface area contributed by atoms with Gasteiger partial charge in [0, 0.05) is 12.2 Å². The molecule has 0 aromatic heterocycles. The second-order valence-electron chi connectivity index (χ2n) is 3.31. The van der Waals surface area contributed by atoms with Gasteiger partial charge in [0.15, 0.2) is 0 Å². The lowest BCUT2D eigenvalue weighted by molar-refractivity contribution is -0.120. The Kier molecular flexibility index (Phi) is 7.38. The number of likely N-dealkylation sites (N-methyl/N-ethyl adjacent to an activating group) is 1. The van der Waals surface area contributed by atoms with E-state index in [9.17, 15) is 4.79 Å². The Labute approximate surface area is 85.9 Å². The molecule has 0 fully saturated rings. The van der Waals surface area contributed by atoms with Crippen molar-refractivity contribution in [2.75, 3.05) is 12.3 Å². The molecule has 0 aliphatic heterocycles. The van der Waals surface area contributed by atoms with Gasteiger partial charge in [0.1, 0.15) is 5.78 Å². The summed E-state index contributed by atoms with van der Waals surface area (Å²) in [5, 5.41) is 3.82. The minimum atomic E-state index is 0.0578. The molecule has 1 unspecified atom stereocenters. The topological polar surface area (TPSA) is 29.1 Å². The average molecular weight is 203 g/mol. The van der Waals surface area contributed by atoms with E-state index in [2.05, 4.69) is 19.2 Å². The first-order chi connectivity index (χ1) is 6.11. The van der Waals surface area contributed by atoms with E-state index >= 15 is 0 Å². The predicted molar refractivity (Wildman–Crippen MR) is 60.4 cm³/mol. The highest BCUT2D eigenvalue weighted by atomic mass is 32.2. The van der Waals surface area contributed by atoms with Crippen molar-refractivity contribution >= 4 is 17.5 Å². The number of carbonyl (C=O) groups excluding carboxylic acids is 1. The molecule has 13 heavy (non-hydrogen) atoms. The summed E-state index contributed by atoms with van der Waals surface area (Å²) in [5.74, 6) is 1.23. The van der Waals surface area contributed by atoms with E-state index in [0.717, 1.165) is 12.3 Å². The number of carbonyl (C=O) groups is 1. The Morgan fingerprint density at radius 2 is 2.00 bits per heavy atom. The average Bonchev–Trinajstić information content (AvgIpc) is 2.10. The van der Waals surface area contributed by atoms with E-state index < -0.39 is 0 Å². The van der Waals surface area contributed by atoms with Gasteiger partial charge >= 0.3 is 0 Å². The Hall–Kier alpha value is -0.0200. The van der Waals surface area contributed by atoms with Gasteiger partial charge in [0.25, 0.3) is 0 Å². The standard InChI is InChI=1S/C10H21NOS/c1-5-10(12)9(11-6-2)7-13-8(3)4/h8-9,11H,5-7H2,1-4H3. The van der Waals surface area contributed by atoms with Crippen LogP contribution >= 0.6 is 11.8 Å². The first kappa shape index (κ1) is 13.0. The van der Waals surface area contributed by atoms with Gasteiger partial charge in [-0.1, -0.05) is 27.7 Å². The van der Waals surface area contributed by atoms with E-state index in [0.29, 0.717) is 17.5 Å². The van der Waals surface area contributed by atoms with Crippen LogP contribution in [0.5, 0.6) is 0 Å². The molecule has 0 saturated heterocycles. The molecule has 0 heterocycles. The maximum absolute atomic E-state index is 11.4. The summed E-state index contributed by atoms with van der Waals surface area (Å²) < 4.78 is 0. The zero-order valence-corrected chi connectivity index (χ0v) is 9.91. The number of hydrogen-bond acceptors (Lipinski definition) is 3. The largest absolute Gasteiger partial charge is 0.307 e. The second kappa shape index (κ2) is 7.39. The SMILES string of the molecule is CCNC(CSC(C)C)C(=O)CC. The number of thioether (sulfide) groups is 1. The molecule has 0 rings (SSSR count). The normalized spacial score (nSPS) is 13.3. The quantitative estimate of drug-likeness (QED) is 0.687. The van der Waals surface area contributed by atoms with Crippen LogP contribution in [-0.4, -0.2) is 29.4 Å². The zero-order chi connectivity index (χ0) is 10.3. The predicted octanol–water partition coefficient (Wildman–Crippen LogP) is 2.09. The fraction of sp³-hybridized carbons (Fsp3) is 0.900. The highest BCUT2D eigenvalue weighted by molar-refractivity contribution is 7.99. The van der Waals surface area contributed by atoms with Crippen molar-refractivity contribution in [2.24, 2.45) is 0 Å². The van der Waals surface area contributed by atoms with Gasteiger partial charge in [-0.2, -0.15) is 11.8 Å². The highest BCUT2D eigenvalue weighted by Gasteiger charge is 2.15.